The largest absolute Gasteiger partial charge is 0.474 e. The van der Waals surface area contributed by atoms with Gasteiger partial charge in [-0.1, -0.05) is 66.7 Å². The second-order valence-electron chi connectivity index (χ2n) is 9.99. The van der Waals surface area contributed by atoms with Crippen molar-refractivity contribution in [3.05, 3.63) is 69.3 Å². The molecule has 0 aliphatic carbocycles. The van der Waals surface area contributed by atoms with Crippen molar-refractivity contribution in [3.63, 3.8) is 0 Å². The summed E-state index contributed by atoms with van der Waals surface area (Å²) >= 11 is 0. The highest BCUT2D eigenvalue weighted by Crippen LogP contribution is 2.36. The lowest BCUT2D eigenvalue weighted by Crippen LogP contribution is -2.25. The maximum atomic E-state index is 11.1. The molecule has 0 spiro atoms. The van der Waals surface area contributed by atoms with Crippen LogP contribution in [-0.2, 0) is 4.74 Å². The lowest BCUT2D eigenvalue weighted by Gasteiger charge is -2.21. The number of aliphatic imine (C=N–C) groups is 2. The molecule has 1 heterocycles. The van der Waals surface area contributed by atoms with Gasteiger partial charge in [0.05, 0.1) is 16.7 Å². The number of nitro benzene ring substituents is 1. The quantitative estimate of drug-likeness (QED) is 0.284. The first-order valence-electron chi connectivity index (χ1n) is 11.2. The molecule has 1 aliphatic heterocycles. The minimum Gasteiger partial charge on any atom is -0.474 e. The molecule has 0 aromatic heterocycles. The lowest BCUT2D eigenvalue weighted by molar-refractivity contribution is -0.384. The van der Waals surface area contributed by atoms with E-state index in [0.717, 1.165) is 22.4 Å². The van der Waals surface area contributed by atoms with Gasteiger partial charge in [-0.3, -0.25) is 10.1 Å². The first-order chi connectivity index (χ1) is 15.0. The zero-order chi connectivity index (χ0) is 23.6. The van der Waals surface area contributed by atoms with Crippen molar-refractivity contribution < 1.29 is 9.66 Å². The highest BCUT2D eigenvalue weighted by atomic mass is 16.6. The SMILES string of the molecule is CC(C)c1cccc(C(C)C)c1N=C(C1=N[C@@H](C(C)(C)C)CO1)c1ccc([N+](=O)[O-])cc1. The number of benzene rings is 2. The van der Waals surface area contributed by atoms with Crippen molar-refractivity contribution in [1.29, 1.82) is 0 Å². The Morgan fingerprint density at radius 2 is 1.62 bits per heavy atom. The molecule has 32 heavy (non-hydrogen) atoms. The van der Waals surface area contributed by atoms with Gasteiger partial charge in [0, 0.05) is 17.7 Å². The lowest BCUT2D eigenvalue weighted by atomic mass is 9.88. The summed E-state index contributed by atoms with van der Waals surface area (Å²) in [5, 5.41) is 11.1. The van der Waals surface area contributed by atoms with Gasteiger partial charge in [-0.2, -0.15) is 0 Å². The van der Waals surface area contributed by atoms with Crippen LogP contribution in [0.15, 0.2) is 52.4 Å². The van der Waals surface area contributed by atoms with E-state index in [4.69, 9.17) is 14.7 Å². The fraction of sp³-hybridized carbons (Fsp3) is 0.462. The Hall–Kier alpha value is -3.02. The number of non-ortho nitro benzene ring substituents is 1. The fourth-order valence-electron chi connectivity index (χ4n) is 3.68. The van der Waals surface area contributed by atoms with Crippen molar-refractivity contribution in [1.82, 2.24) is 0 Å². The molecular weight excluding hydrogens is 402 g/mol. The highest BCUT2D eigenvalue weighted by Gasteiger charge is 2.32. The monoisotopic (exact) mass is 435 g/mol. The molecule has 1 atom stereocenters. The first-order valence-corrected chi connectivity index (χ1v) is 11.2. The van der Waals surface area contributed by atoms with Crippen LogP contribution in [0, 0.1) is 15.5 Å². The smallest absolute Gasteiger partial charge is 0.269 e. The summed E-state index contributed by atoms with van der Waals surface area (Å²) in [4.78, 5) is 20.8. The third-order valence-electron chi connectivity index (χ3n) is 5.77. The number of para-hydroxylation sites is 1. The first kappa shape index (κ1) is 23.6. The van der Waals surface area contributed by atoms with Crippen LogP contribution in [0.4, 0.5) is 11.4 Å². The van der Waals surface area contributed by atoms with Crippen LogP contribution in [0.1, 0.15) is 77.0 Å². The Balaban J connectivity index is 2.23. The molecule has 0 saturated heterocycles. The van der Waals surface area contributed by atoms with Crippen molar-refractivity contribution in [3.8, 4) is 0 Å². The minimum atomic E-state index is -0.398. The Kier molecular flexibility index (Phi) is 6.82. The minimum absolute atomic E-state index is 0.0191. The average Bonchev–Trinajstić information content (AvgIpc) is 3.22. The number of rotatable bonds is 6. The molecule has 0 fully saturated rings. The second-order valence-corrected chi connectivity index (χ2v) is 9.99. The van der Waals surface area contributed by atoms with Crippen molar-refractivity contribution in [2.45, 2.75) is 66.3 Å². The molecule has 170 valence electrons. The molecule has 0 saturated carbocycles. The standard InChI is InChI=1S/C26H33N3O3/c1-16(2)20-9-8-10-21(17(3)4)24(20)28-23(18-11-13-19(14-12-18)29(30)31)25-27-22(15-32-25)26(5,6)7/h8-14,16-17,22H,15H2,1-7H3/t22-/m1/s1. The summed E-state index contributed by atoms with van der Waals surface area (Å²) < 4.78 is 6.04. The van der Waals surface area contributed by atoms with E-state index in [-0.39, 0.29) is 17.1 Å². The number of hydrogen-bond donors (Lipinski definition) is 0. The molecule has 0 unspecified atom stereocenters. The molecule has 2 aromatic rings. The van der Waals surface area contributed by atoms with E-state index < -0.39 is 4.92 Å². The van der Waals surface area contributed by atoms with Gasteiger partial charge in [0.1, 0.15) is 12.3 Å². The molecule has 0 N–H and O–H groups in total. The molecular formula is C26H33N3O3. The summed E-state index contributed by atoms with van der Waals surface area (Å²) in [5.74, 6) is 1.07. The zero-order valence-electron chi connectivity index (χ0n) is 20.0. The van der Waals surface area contributed by atoms with Gasteiger partial charge in [-0.05, 0) is 40.5 Å². The molecule has 0 amide bonds. The number of nitrogens with zero attached hydrogens (tertiary/aromatic N) is 3. The summed E-state index contributed by atoms with van der Waals surface area (Å²) in [6.07, 6.45) is 0. The maximum absolute atomic E-state index is 11.1. The average molecular weight is 436 g/mol. The summed E-state index contributed by atoms with van der Waals surface area (Å²) in [6, 6.07) is 12.8. The van der Waals surface area contributed by atoms with Gasteiger partial charge in [0.15, 0.2) is 0 Å². The number of hydrogen-bond acceptors (Lipinski definition) is 5. The van der Waals surface area contributed by atoms with Crippen molar-refractivity contribution in [2.75, 3.05) is 6.61 Å². The second kappa shape index (κ2) is 9.23. The van der Waals surface area contributed by atoms with Crippen LogP contribution in [0.3, 0.4) is 0 Å². The van der Waals surface area contributed by atoms with Gasteiger partial charge in [-0.25, -0.2) is 9.98 Å². The number of nitro groups is 1. The van der Waals surface area contributed by atoms with Crippen molar-refractivity contribution in [2.24, 2.45) is 15.4 Å². The Morgan fingerprint density at radius 1 is 1.06 bits per heavy atom. The van der Waals surface area contributed by atoms with E-state index in [1.54, 1.807) is 12.1 Å². The van der Waals surface area contributed by atoms with Gasteiger partial charge < -0.3 is 4.74 Å². The maximum Gasteiger partial charge on any atom is 0.269 e. The third kappa shape index (κ3) is 5.06. The van der Waals surface area contributed by atoms with Crippen molar-refractivity contribution >= 4 is 23.0 Å². The van der Waals surface area contributed by atoms with Crippen LogP contribution in [0.5, 0.6) is 0 Å². The van der Waals surface area contributed by atoms with E-state index in [2.05, 4.69) is 66.7 Å². The number of ether oxygens (including phenoxy) is 1. The Bertz CT molecular complexity index is 1020. The predicted molar refractivity (Wildman–Crippen MR) is 131 cm³/mol. The summed E-state index contributed by atoms with van der Waals surface area (Å²) in [6.45, 7) is 15.5. The zero-order valence-corrected chi connectivity index (χ0v) is 20.0. The van der Waals surface area contributed by atoms with Crippen LogP contribution < -0.4 is 0 Å². The van der Waals surface area contributed by atoms with Crippen LogP contribution >= 0.6 is 0 Å². The molecule has 3 rings (SSSR count). The Labute approximate surface area is 190 Å². The molecule has 0 bridgehead atoms. The van der Waals surface area contributed by atoms with Gasteiger partial charge in [0.25, 0.3) is 5.69 Å². The van der Waals surface area contributed by atoms with Gasteiger partial charge in [-0.15, -0.1) is 0 Å². The third-order valence-corrected chi connectivity index (χ3v) is 5.77. The van der Waals surface area contributed by atoms with Gasteiger partial charge >= 0.3 is 0 Å². The molecule has 6 nitrogen and oxygen atoms in total. The Morgan fingerprint density at radius 3 is 2.06 bits per heavy atom. The fourth-order valence-corrected chi connectivity index (χ4v) is 3.68. The molecule has 6 heteroatoms. The predicted octanol–water partition coefficient (Wildman–Crippen LogP) is 6.81. The van der Waals surface area contributed by atoms with Crippen LogP contribution in [-0.4, -0.2) is 29.2 Å². The van der Waals surface area contributed by atoms with Crippen LogP contribution in [0.2, 0.25) is 0 Å². The van der Waals surface area contributed by atoms with E-state index in [0.29, 0.717) is 30.1 Å². The summed E-state index contributed by atoms with van der Waals surface area (Å²) in [5.41, 5.74) is 4.60. The molecule has 1 aliphatic rings. The topological polar surface area (TPSA) is 77.1 Å². The van der Waals surface area contributed by atoms with Gasteiger partial charge in [0.2, 0.25) is 5.90 Å². The molecule has 2 aromatic carbocycles. The van der Waals surface area contributed by atoms with E-state index in [9.17, 15) is 10.1 Å². The van der Waals surface area contributed by atoms with E-state index in [1.165, 1.54) is 12.1 Å². The van der Waals surface area contributed by atoms with E-state index in [1.807, 2.05) is 0 Å². The normalized spacial score (nSPS) is 17.0. The highest BCUT2D eigenvalue weighted by molar-refractivity contribution is 6.46. The van der Waals surface area contributed by atoms with Crippen LogP contribution in [0.25, 0.3) is 0 Å². The molecule has 0 radical (unpaired) electrons. The van der Waals surface area contributed by atoms with E-state index >= 15 is 0 Å². The summed E-state index contributed by atoms with van der Waals surface area (Å²) in [7, 11) is 0.